The molecule has 0 aliphatic carbocycles. The number of amidine groups is 1. The van der Waals surface area contributed by atoms with Crippen molar-refractivity contribution in [3.8, 4) is 5.75 Å². The highest BCUT2D eigenvalue weighted by atomic mass is 16.5. The molecule has 0 aliphatic rings. The predicted molar refractivity (Wildman–Crippen MR) is 75.1 cm³/mol. The van der Waals surface area contributed by atoms with Crippen LogP contribution in [0, 0.1) is 0 Å². The molecule has 20 heavy (non-hydrogen) atoms. The molecule has 7 nitrogen and oxygen atoms in total. The Labute approximate surface area is 117 Å². The lowest BCUT2D eigenvalue weighted by Gasteiger charge is -2.08. The third-order valence-corrected chi connectivity index (χ3v) is 2.63. The molecule has 0 atom stereocenters. The Morgan fingerprint density at radius 1 is 1.45 bits per heavy atom. The lowest BCUT2D eigenvalue weighted by Crippen LogP contribution is -2.05. The van der Waals surface area contributed by atoms with Gasteiger partial charge in [0.2, 0.25) is 0 Å². The molecule has 0 saturated heterocycles. The molecule has 1 aromatic rings. The Kier molecular flexibility index (Phi) is 6.15. The van der Waals surface area contributed by atoms with E-state index >= 15 is 0 Å². The van der Waals surface area contributed by atoms with Crippen molar-refractivity contribution in [3.63, 3.8) is 0 Å². The van der Waals surface area contributed by atoms with Crippen LogP contribution in [0.1, 0.15) is 18.1 Å². The van der Waals surface area contributed by atoms with Crippen LogP contribution in [-0.4, -0.2) is 30.6 Å². The summed E-state index contributed by atoms with van der Waals surface area (Å²) in [5.74, 6) is 5.28. The zero-order valence-corrected chi connectivity index (χ0v) is 11.5. The first kappa shape index (κ1) is 15.6. The summed E-state index contributed by atoms with van der Waals surface area (Å²) >= 11 is 0. The van der Waals surface area contributed by atoms with Gasteiger partial charge in [-0.05, 0) is 23.6 Å². The first-order chi connectivity index (χ1) is 9.60. The fraction of sp³-hybridized carbons (Fsp3) is 0.385. The summed E-state index contributed by atoms with van der Waals surface area (Å²) in [5, 5.41) is 19.2. The second kappa shape index (κ2) is 7.88. The quantitative estimate of drug-likeness (QED) is 0.271. The molecule has 0 amide bonds. The highest BCUT2D eigenvalue weighted by Crippen LogP contribution is 2.20. The van der Waals surface area contributed by atoms with Crippen molar-refractivity contribution in [2.45, 2.75) is 19.8 Å². The van der Waals surface area contributed by atoms with E-state index in [2.05, 4.69) is 15.3 Å². The van der Waals surface area contributed by atoms with Gasteiger partial charge >= 0.3 is 5.97 Å². The van der Waals surface area contributed by atoms with Crippen LogP contribution in [-0.2, 0) is 17.6 Å². The molecule has 0 spiro atoms. The number of nitrogens with zero attached hydrogens (tertiary/aromatic N) is 3. The Morgan fingerprint density at radius 2 is 2.20 bits per heavy atom. The molecular formula is C13H18N4O3. The Morgan fingerprint density at radius 3 is 2.75 bits per heavy atom. The SMILES string of the molecule is CCc1cc(CC(N=NCC(=O)O)=NN)ccc1OC. The van der Waals surface area contributed by atoms with Crippen LogP contribution in [0.3, 0.4) is 0 Å². The number of aryl methyl sites for hydroxylation is 1. The molecule has 0 unspecified atom stereocenters. The van der Waals surface area contributed by atoms with E-state index in [0.717, 1.165) is 23.3 Å². The number of hydrogen-bond donors (Lipinski definition) is 2. The third-order valence-electron chi connectivity index (χ3n) is 2.63. The summed E-state index contributed by atoms with van der Waals surface area (Å²) in [6, 6.07) is 5.74. The van der Waals surface area contributed by atoms with Crippen LogP contribution in [0.25, 0.3) is 0 Å². The molecule has 3 N–H and O–H groups in total. The number of hydrogen-bond acceptors (Lipinski definition) is 5. The molecular weight excluding hydrogens is 260 g/mol. The highest BCUT2D eigenvalue weighted by molar-refractivity contribution is 5.84. The van der Waals surface area contributed by atoms with Gasteiger partial charge in [0.05, 0.1) is 7.11 Å². The van der Waals surface area contributed by atoms with E-state index in [4.69, 9.17) is 15.7 Å². The zero-order chi connectivity index (χ0) is 15.0. The third kappa shape index (κ3) is 4.68. The van der Waals surface area contributed by atoms with Crippen LogP contribution in [0.2, 0.25) is 0 Å². The van der Waals surface area contributed by atoms with E-state index < -0.39 is 12.5 Å². The number of benzene rings is 1. The predicted octanol–water partition coefficient (Wildman–Crippen LogP) is 1.61. The molecule has 108 valence electrons. The fourth-order valence-corrected chi connectivity index (χ4v) is 1.69. The van der Waals surface area contributed by atoms with Gasteiger partial charge in [-0.15, -0.1) is 5.11 Å². The Balaban J connectivity index is 2.80. The van der Waals surface area contributed by atoms with Crippen LogP contribution >= 0.6 is 0 Å². The van der Waals surface area contributed by atoms with E-state index in [1.165, 1.54) is 0 Å². The summed E-state index contributed by atoms with van der Waals surface area (Å²) in [7, 11) is 1.63. The number of aliphatic carboxylic acids is 1. The van der Waals surface area contributed by atoms with Gasteiger partial charge in [0.25, 0.3) is 0 Å². The van der Waals surface area contributed by atoms with E-state index in [-0.39, 0.29) is 5.84 Å². The highest BCUT2D eigenvalue weighted by Gasteiger charge is 2.06. The van der Waals surface area contributed by atoms with Crippen molar-refractivity contribution >= 4 is 11.8 Å². The van der Waals surface area contributed by atoms with Crippen LogP contribution in [0.5, 0.6) is 5.75 Å². The zero-order valence-electron chi connectivity index (χ0n) is 11.5. The van der Waals surface area contributed by atoms with Crippen LogP contribution in [0.4, 0.5) is 0 Å². The molecule has 0 radical (unpaired) electrons. The maximum atomic E-state index is 10.3. The normalized spacial score (nSPS) is 11.8. The van der Waals surface area contributed by atoms with Crippen molar-refractivity contribution in [1.82, 2.24) is 0 Å². The summed E-state index contributed by atoms with van der Waals surface area (Å²) in [6.45, 7) is 1.63. The van der Waals surface area contributed by atoms with Gasteiger partial charge in [-0.3, -0.25) is 4.79 Å². The number of hydrazone groups is 1. The average molecular weight is 278 g/mol. The Hall–Kier alpha value is -2.44. The molecule has 0 heterocycles. The number of carboxylic acids is 1. The molecule has 1 aromatic carbocycles. The number of rotatable bonds is 6. The van der Waals surface area contributed by atoms with Gasteiger partial charge in [-0.1, -0.05) is 19.1 Å². The first-order valence-electron chi connectivity index (χ1n) is 6.12. The minimum atomic E-state index is -1.05. The second-order valence-electron chi connectivity index (χ2n) is 4.02. The minimum Gasteiger partial charge on any atom is -0.496 e. The largest absolute Gasteiger partial charge is 0.496 e. The number of carbonyl (C=O) groups is 1. The van der Waals surface area contributed by atoms with Gasteiger partial charge < -0.3 is 15.7 Å². The lowest BCUT2D eigenvalue weighted by atomic mass is 10.0. The molecule has 0 aliphatic heterocycles. The van der Waals surface area contributed by atoms with Gasteiger partial charge in [-0.25, -0.2) is 0 Å². The van der Waals surface area contributed by atoms with Gasteiger partial charge in [0.15, 0.2) is 12.4 Å². The van der Waals surface area contributed by atoms with Crippen LogP contribution < -0.4 is 10.6 Å². The van der Waals surface area contributed by atoms with E-state index in [1.54, 1.807) is 7.11 Å². The summed E-state index contributed by atoms with van der Waals surface area (Å²) in [6.07, 6.45) is 1.23. The summed E-state index contributed by atoms with van der Waals surface area (Å²) in [4.78, 5) is 10.3. The van der Waals surface area contributed by atoms with Crippen molar-refractivity contribution < 1.29 is 14.6 Å². The molecule has 0 fully saturated rings. The van der Waals surface area contributed by atoms with Crippen molar-refractivity contribution in [3.05, 3.63) is 29.3 Å². The smallest absolute Gasteiger partial charge is 0.327 e. The second-order valence-corrected chi connectivity index (χ2v) is 4.02. The summed E-state index contributed by atoms with van der Waals surface area (Å²) in [5.41, 5.74) is 2.03. The fourth-order valence-electron chi connectivity index (χ4n) is 1.69. The Bertz CT molecular complexity index is 526. The number of carboxylic acid groups (broad SMARTS) is 1. The first-order valence-corrected chi connectivity index (χ1v) is 6.12. The molecule has 0 bridgehead atoms. The van der Waals surface area contributed by atoms with Crippen molar-refractivity contribution in [2.75, 3.05) is 13.7 Å². The van der Waals surface area contributed by atoms with Crippen LogP contribution in [0.15, 0.2) is 33.5 Å². The van der Waals surface area contributed by atoms with E-state index in [0.29, 0.717) is 6.42 Å². The van der Waals surface area contributed by atoms with Gasteiger partial charge in [0, 0.05) is 6.42 Å². The lowest BCUT2D eigenvalue weighted by molar-refractivity contribution is -0.135. The van der Waals surface area contributed by atoms with Gasteiger partial charge in [-0.2, -0.15) is 10.2 Å². The number of azo groups is 1. The topological polar surface area (TPSA) is 110 Å². The summed E-state index contributed by atoms with van der Waals surface area (Å²) < 4.78 is 5.25. The standard InChI is InChI=1S/C13H18N4O3/c1-3-10-6-9(4-5-11(10)20-2)7-12(16-14)17-15-8-13(18)19/h4-6H,3,7-8,14H2,1-2H3,(H,18,19). The molecule has 1 rings (SSSR count). The van der Waals surface area contributed by atoms with Crippen molar-refractivity contribution in [1.29, 1.82) is 0 Å². The minimum absolute atomic E-state index is 0.276. The van der Waals surface area contributed by atoms with E-state index in [1.807, 2.05) is 25.1 Å². The number of nitrogens with two attached hydrogens (primary N) is 1. The molecule has 0 saturated carbocycles. The van der Waals surface area contributed by atoms with E-state index in [9.17, 15) is 4.79 Å². The molecule has 7 heteroatoms. The van der Waals surface area contributed by atoms with Gasteiger partial charge in [0.1, 0.15) is 5.75 Å². The number of ether oxygens (including phenoxy) is 1. The average Bonchev–Trinajstić information content (AvgIpc) is 2.45. The van der Waals surface area contributed by atoms with Crippen molar-refractivity contribution in [2.24, 2.45) is 21.2 Å². The monoisotopic (exact) mass is 278 g/mol. The number of methoxy groups -OCH3 is 1. The maximum Gasteiger partial charge on any atom is 0.327 e. The maximum absolute atomic E-state index is 10.3. The molecule has 0 aromatic heterocycles.